The Bertz CT molecular complexity index is 87.7. The molecule has 1 heterocycles. The number of hydrogen-bond acceptors (Lipinski definition) is 4. The maximum atomic E-state index is 8.11. The molecule has 0 bridgehead atoms. The van der Waals surface area contributed by atoms with Gasteiger partial charge in [-0.25, -0.2) is 0 Å². The van der Waals surface area contributed by atoms with E-state index in [4.69, 9.17) is 10.2 Å². The molecular weight excluding hydrogens is 132 g/mol. The van der Waals surface area contributed by atoms with Crippen LogP contribution < -0.4 is 5.32 Å². The summed E-state index contributed by atoms with van der Waals surface area (Å²) in [4.78, 5) is 3.85. The molecule has 1 atom stereocenters. The topological polar surface area (TPSA) is 64.9 Å². The van der Waals surface area contributed by atoms with E-state index in [2.05, 4.69) is 10.3 Å². The summed E-state index contributed by atoms with van der Waals surface area (Å²) in [6.07, 6.45) is 1.18. The van der Waals surface area contributed by atoms with E-state index in [1.54, 1.807) is 6.34 Å². The Labute approximate surface area is 60.6 Å². The van der Waals surface area contributed by atoms with Crippen molar-refractivity contribution >= 4 is 6.34 Å². The zero-order valence-electron chi connectivity index (χ0n) is 6.12. The van der Waals surface area contributed by atoms with Crippen LogP contribution in [0.15, 0.2) is 4.99 Å². The van der Waals surface area contributed by atoms with Crippen LogP contribution in [0.2, 0.25) is 0 Å². The summed E-state index contributed by atoms with van der Waals surface area (Å²) in [5, 5.41) is 18.9. The predicted molar refractivity (Wildman–Crippen MR) is 40.1 cm³/mol. The Morgan fingerprint density at radius 1 is 1.80 bits per heavy atom. The Morgan fingerprint density at radius 2 is 2.40 bits per heavy atom. The summed E-state index contributed by atoms with van der Waals surface area (Å²) in [7, 11) is 0. The first-order valence-corrected chi connectivity index (χ1v) is 3.28. The summed E-state index contributed by atoms with van der Waals surface area (Å²) >= 11 is 0. The molecule has 1 aliphatic heterocycles. The van der Waals surface area contributed by atoms with Gasteiger partial charge in [-0.15, -0.1) is 0 Å². The average molecular weight is 146 g/mol. The van der Waals surface area contributed by atoms with E-state index in [0.717, 1.165) is 13.1 Å². The molecule has 0 aromatic carbocycles. The number of aliphatic hydroxyl groups is 2. The number of aliphatic hydroxyl groups excluding tert-OH is 2. The summed E-state index contributed by atoms with van der Waals surface area (Å²) in [6, 6.07) is 0. The van der Waals surface area contributed by atoms with Gasteiger partial charge < -0.3 is 15.5 Å². The van der Waals surface area contributed by atoms with Gasteiger partial charge in [0.05, 0.1) is 25.6 Å². The molecule has 1 rings (SSSR count). The molecule has 0 aliphatic carbocycles. The fourth-order valence-corrected chi connectivity index (χ4v) is 0.323. The van der Waals surface area contributed by atoms with E-state index in [0.29, 0.717) is 0 Å². The Morgan fingerprint density at radius 3 is 2.50 bits per heavy atom. The second-order valence-corrected chi connectivity index (χ2v) is 2.02. The highest BCUT2D eigenvalue weighted by molar-refractivity contribution is 5.56. The van der Waals surface area contributed by atoms with Crippen LogP contribution in [-0.2, 0) is 0 Å². The van der Waals surface area contributed by atoms with Crippen molar-refractivity contribution < 1.29 is 10.2 Å². The summed E-state index contributed by atoms with van der Waals surface area (Å²) < 4.78 is 0. The number of rotatable bonds is 1. The van der Waals surface area contributed by atoms with E-state index < -0.39 is 6.10 Å². The van der Waals surface area contributed by atoms with Crippen LogP contribution in [0.1, 0.15) is 6.92 Å². The maximum absolute atomic E-state index is 8.11. The molecule has 4 nitrogen and oxygen atoms in total. The summed E-state index contributed by atoms with van der Waals surface area (Å²) in [5.74, 6) is 0. The number of hydrogen-bond donors (Lipinski definition) is 3. The van der Waals surface area contributed by atoms with Crippen molar-refractivity contribution in [2.75, 3.05) is 19.7 Å². The SMILES string of the molecule is C1=NCCN1.CC(O)CO. The first-order valence-electron chi connectivity index (χ1n) is 3.28. The molecule has 0 radical (unpaired) electrons. The molecular formula is C6H14N2O2. The zero-order valence-corrected chi connectivity index (χ0v) is 6.12. The van der Waals surface area contributed by atoms with Crippen molar-refractivity contribution in [2.24, 2.45) is 4.99 Å². The van der Waals surface area contributed by atoms with Gasteiger partial charge >= 0.3 is 0 Å². The fraction of sp³-hybridized carbons (Fsp3) is 0.833. The van der Waals surface area contributed by atoms with Crippen molar-refractivity contribution in [3.63, 3.8) is 0 Å². The van der Waals surface area contributed by atoms with Crippen LogP contribution in [0.3, 0.4) is 0 Å². The van der Waals surface area contributed by atoms with Crippen molar-refractivity contribution in [2.45, 2.75) is 13.0 Å². The minimum absolute atomic E-state index is 0.139. The maximum Gasteiger partial charge on any atom is 0.0825 e. The van der Waals surface area contributed by atoms with Gasteiger partial charge in [-0.3, -0.25) is 4.99 Å². The molecule has 0 aromatic heterocycles. The molecule has 0 fully saturated rings. The van der Waals surface area contributed by atoms with Crippen LogP contribution in [0, 0.1) is 0 Å². The fourth-order valence-electron chi connectivity index (χ4n) is 0.323. The lowest BCUT2D eigenvalue weighted by Gasteiger charge is -1.90. The van der Waals surface area contributed by atoms with E-state index in [1.807, 2.05) is 0 Å². The smallest absolute Gasteiger partial charge is 0.0825 e. The van der Waals surface area contributed by atoms with E-state index >= 15 is 0 Å². The van der Waals surface area contributed by atoms with E-state index in [1.165, 1.54) is 6.92 Å². The molecule has 60 valence electrons. The van der Waals surface area contributed by atoms with Crippen molar-refractivity contribution in [1.82, 2.24) is 5.32 Å². The lowest BCUT2D eigenvalue weighted by Crippen LogP contribution is -2.04. The second-order valence-electron chi connectivity index (χ2n) is 2.02. The quantitative estimate of drug-likeness (QED) is 0.443. The molecule has 10 heavy (non-hydrogen) atoms. The monoisotopic (exact) mass is 146 g/mol. The highest BCUT2D eigenvalue weighted by Gasteiger charge is 1.83. The van der Waals surface area contributed by atoms with Gasteiger partial charge in [0.25, 0.3) is 0 Å². The molecule has 0 saturated heterocycles. The van der Waals surface area contributed by atoms with Crippen LogP contribution >= 0.6 is 0 Å². The van der Waals surface area contributed by atoms with Crippen LogP contribution in [0.25, 0.3) is 0 Å². The molecule has 0 amide bonds. The molecule has 1 aliphatic rings. The van der Waals surface area contributed by atoms with Gasteiger partial charge in [0.15, 0.2) is 0 Å². The Kier molecular flexibility index (Phi) is 6.11. The minimum atomic E-state index is -0.560. The number of nitrogens with zero attached hydrogens (tertiary/aromatic N) is 1. The van der Waals surface area contributed by atoms with Crippen molar-refractivity contribution in [3.8, 4) is 0 Å². The van der Waals surface area contributed by atoms with Crippen molar-refractivity contribution in [1.29, 1.82) is 0 Å². The van der Waals surface area contributed by atoms with Crippen LogP contribution in [-0.4, -0.2) is 42.4 Å². The number of aliphatic imine (C=N–C) groups is 1. The van der Waals surface area contributed by atoms with Gasteiger partial charge in [0.1, 0.15) is 0 Å². The molecule has 4 heteroatoms. The number of nitrogens with one attached hydrogen (secondary N) is 1. The molecule has 0 spiro atoms. The Hall–Kier alpha value is -0.610. The first kappa shape index (κ1) is 9.39. The molecule has 0 saturated carbocycles. The van der Waals surface area contributed by atoms with Gasteiger partial charge in [0, 0.05) is 6.54 Å². The van der Waals surface area contributed by atoms with Gasteiger partial charge in [-0.1, -0.05) is 0 Å². The standard InChI is InChI=1S/C3H6N2.C3H8O2/c1-2-5-3-4-1;1-3(5)2-4/h3H,1-2H2,(H,4,5);3-5H,2H2,1H3. The van der Waals surface area contributed by atoms with E-state index in [-0.39, 0.29) is 6.61 Å². The molecule has 1 unspecified atom stereocenters. The lowest BCUT2D eigenvalue weighted by atomic mass is 10.5. The van der Waals surface area contributed by atoms with Crippen LogP contribution in [0.4, 0.5) is 0 Å². The minimum Gasteiger partial charge on any atom is -0.394 e. The summed E-state index contributed by atoms with van der Waals surface area (Å²) in [6.45, 7) is 3.37. The van der Waals surface area contributed by atoms with E-state index in [9.17, 15) is 0 Å². The summed E-state index contributed by atoms with van der Waals surface area (Å²) in [5.41, 5.74) is 0. The van der Waals surface area contributed by atoms with Gasteiger partial charge in [-0.2, -0.15) is 0 Å². The van der Waals surface area contributed by atoms with Crippen molar-refractivity contribution in [3.05, 3.63) is 0 Å². The Balaban J connectivity index is 0.000000162. The average Bonchev–Trinajstić information content (AvgIpc) is 2.43. The van der Waals surface area contributed by atoms with Crippen LogP contribution in [0.5, 0.6) is 0 Å². The zero-order chi connectivity index (χ0) is 7.82. The van der Waals surface area contributed by atoms with Gasteiger partial charge in [-0.05, 0) is 6.92 Å². The normalized spacial score (nSPS) is 17.1. The molecule has 3 N–H and O–H groups in total. The highest BCUT2D eigenvalue weighted by Crippen LogP contribution is 1.69. The molecule has 0 aromatic rings. The third-order valence-electron chi connectivity index (χ3n) is 0.832. The third-order valence-corrected chi connectivity index (χ3v) is 0.832. The lowest BCUT2D eigenvalue weighted by molar-refractivity contribution is 0.110. The first-order chi connectivity index (χ1) is 4.77. The van der Waals surface area contributed by atoms with Gasteiger partial charge in [0.2, 0.25) is 0 Å². The predicted octanol–water partition coefficient (Wildman–Crippen LogP) is -1.02. The highest BCUT2D eigenvalue weighted by atomic mass is 16.3. The largest absolute Gasteiger partial charge is 0.394 e. The second kappa shape index (κ2) is 6.51. The third kappa shape index (κ3) is 7.39.